The number of nitrogens with one attached hydrogen (secondary N) is 1. The molecule has 0 spiro atoms. The number of ketones is 1. The van der Waals surface area contributed by atoms with E-state index in [1.54, 1.807) is 5.32 Å². The smallest absolute Gasteiger partial charge is 0.423 e. The molecule has 1 amide bonds. The molecule has 0 saturated heterocycles. The molecule has 0 saturated carbocycles. The molecule has 4 rings (SSSR count). The van der Waals surface area contributed by atoms with E-state index in [2.05, 4.69) is 9.97 Å². The number of nitro benzene ring substituents is 1. The third kappa shape index (κ3) is 5.80. The second-order valence-corrected chi connectivity index (χ2v) is 8.04. The maximum atomic E-state index is 14.8. The van der Waals surface area contributed by atoms with Crippen molar-refractivity contribution in [3.63, 3.8) is 0 Å². The van der Waals surface area contributed by atoms with Gasteiger partial charge in [-0.3, -0.25) is 19.7 Å². The third-order valence-corrected chi connectivity index (χ3v) is 5.52. The van der Waals surface area contributed by atoms with Gasteiger partial charge in [0.2, 0.25) is 5.88 Å². The molecule has 41 heavy (non-hydrogen) atoms. The molecule has 11 nitrogen and oxygen atoms in total. The lowest BCUT2D eigenvalue weighted by molar-refractivity contribution is -0.388. The second-order valence-electron chi connectivity index (χ2n) is 8.04. The Morgan fingerprint density at radius 2 is 1.59 bits per heavy atom. The summed E-state index contributed by atoms with van der Waals surface area (Å²) in [6.45, 7) is 0. The fourth-order valence-electron chi connectivity index (χ4n) is 3.68. The molecule has 0 bridgehead atoms. The van der Waals surface area contributed by atoms with Crippen molar-refractivity contribution in [2.45, 2.75) is 6.18 Å². The molecule has 0 aliphatic rings. The van der Waals surface area contributed by atoms with Crippen LogP contribution in [0.25, 0.3) is 10.9 Å². The number of aromatic nitrogens is 2. The average molecular weight is 578 g/mol. The number of rotatable bonds is 8. The van der Waals surface area contributed by atoms with Crippen molar-refractivity contribution in [2.24, 2.45) is 0 Å². The maximum absolute atomic E-state index is 14.8. The Hall–Kier alpha value is -5.41. The van der Waals surface area contributed by atoms with Gasteiger partial charge in [0.1, 0.15) is 29.3 Å². The number of hydrogen-bond acceptors (Lipinski definition) is 9. The summed E-state index contributed by atoms with van der Waals surface area (Å²) in [7, 11) is 2.78. The van der Waals surface area contributed by atoms with Crippen LogP contribution in [0.1, 0.15) is 15.9 Å². The number of anilines is 1. The summed E-state index contributed by atoms with van der Waals surface area (Å²) in [4.78, 5) is 42.5. The highest BCUT2D eigenvalue weighted by molar-refractivity contribution is 6.46. The molecule has 16 heteroatoms. The van der Waals surface area contributed by atoms with E-state index in [4.69, 9.17) is 14.2 Å². The molecule has 212 valence electrons. The van der Waals surface area contributed by atoms with Gasteiger partial charge < -0.3 is 19.5 Å². The van der Waals surface area contributed by atoms with E-state index < -0.39 is 62.7 Å². The summed E-state index contributed by atoms with van der Waals surface area (Å²) < 4.78 is 85.2. The number of Topliss-reactive ketones (excluding diaryl/α,β-unsaturated/α-hetero) is 1. The van der Waals surface area contributed by atoms with Gasteiger partial charge in [0.25, 0.3) is 17.4 Å². The number of nitrogens with zero attached hydrogens (tertiary/aromatic N) is 3. The molecule has 0 aliphatic heterocycles. The van der Waals surface area contributed by atoms with Crippen molar-refractivity contribution in [1.29, 1.82) is 0 Å². The first-order valence-corrected chi connectivity index (χ1v) is 11.1. The Kier molecular flexibility index (Phi) is 7.67. The number of carbonyl (C=O) groups is 2. The van der Waals surface area contributed by atoms with Gasteiger partial charge in [-0.1, -0.05) is 0 Å². The number of methoxy groups -OCH3 is 2. The van der Waals surface area contributed by atoms with Crippen LogP contribution in [0.5, 0.6) is 23.1 Å². The monoisotopic (exact) mass is 578 g/mol. The minimum atomic E-state index is -5.17. The number of fused-ring (bicyclic) bond motifs is 1. The van der Waals surface area contributed by atoms with E-state index in [0.29, 0.717) is 29.5 Å². The fraction of sp³-hybridized carbons (Fsp3) is 0.120. The first kappa shape index (κ1) is 28.6. The number of hydrogen-bond donors (Lipinski definition) is 1. The van der Waals surface area contributed by atoms with Crippen molar-refractivity contribution in [3.8, 4) is 23.1 Å². The van der Waals surface area contributed by atoms with Crippen LogP contribution in [0.4, 0.5) is 33.3 Å². The Labute approximate surface area is 225 Å². The van der Waals surface area contributed by atoms with Gasteiger partial charge in [-0.05, 0) is 18.2 Å². The molecule has 0 radical (unpaired) electrons. The first-order valence-electron chi connectivity index (χ1n) is 11.1. The topological polar surface area (TPSA) is 143 Å². The van der Waals surface area contributed by atoms with E-state index in [1.165, 1.54) is 26.4 Å². The molecular weight excluding hydrogens is 563 g/mol. The lowest BCUT2D eigenvalue weighted by atomic mass is 10.1. The van der Waals surface area contributed by atoms with Gasteiger partial charge in [-0.2, -0.15) is 13.2 Å². The van der Waals surface area contributed by atoms with Crippen LogP contribution in [0.2, 0.25) is 0 Å². The molecule has 4 aromatic rings. The summed E-state index contributed by atoms with van der Waals surface area (Å²) in [5.41, 5.74) is -4.68. The predicted octanol–water partition coefficient (Wildman–Crippen LogP) is 5.47. The zero-order valence-electron chi connectivity index (χ0n) is 20.7. The van der Waals surface area contributed by atoms with Crippen LogP contribution in [0.3, 0.4) is 0 Å². The van der Waals surface area contributed by atoms with E-state index in [-0.39, 0.29) is 23.1 Å². The summed E-state index contributed by atoms with van der Waals surface area (Å²) >= 11 is 0. The van der Waals surface area contributed by atoms with Gasteiger partial charge in [-0.25, -0.2) is 18.7 Å². The fourth-order valence-corrected chi connectivity index (χ4v) is 3.68. The van der Waals surface area contributed by atoms with Crippen LogP contribution < -0.4 is 19.5 Å². The molecule has 0 aliphatic carbocycles. The minimum absolute atomic E-state index is 0.148. The maximum Gasteiger partial charge on any atom is 0.423 e. The van der Waals surface area contributed by atoms with Gasteiger partial charge in [0.15, 0.2) is 11.5 Å². The van der Waals surface area contributed by atoms with Crippen LogP contribution in [0, 0.1) is 21.7 Å². The number of alkyl halides is 3. The zero-order chi connectivity index (χ0) is 30.1. The highest BCUT2D eigenvalue weighted by Gasteiger charge is 2.38. The van der Waals surface area contributed by atoms with Gasteiger partial charge in [0.05, 0.1) is 35.6 Å². The molecule has 0 atom stereocenters. The molecule has 1 heterocycles. The van der Waals surface area contributed by atoms with E-state index in [0.717, 1.165) is 12.4 Å². The quantitative estimate of drug-likeness (QED) is 0.0947. The van der Waals surface area contributed by atoms with Gasteiger partial charge >= 0.3 is 6.18 Å². The van der Waals surface area contributed by atoms with Crippen LogP contribution in [-0.4, -0.2) is 40.8 Å². The normalized spacial score (nSPS) is 11.2. The largest absolute Gasteiger partial charge is 0.493 e. The number of benzene rings is 3. The van der Waals surface area contributed by atoms with Gasteiger partial charge in [-0.15, -0.1) is 0 Å². The lowest BCUT2D eigenvalue weighted by Crippen LogP contribution is -2.25. The Bertz CT molecular complexity index is 1690. The van der Waals surface area contributed by atoms with Gasteiger partial charge in [0, 0.05) is 30.0 Å². The minimum Gasteiger partial charge on any atom is -0.493 e. The van der Waals surface area contributed by atoms with Crippen molar-refractivity contribution in [1.82, 2.24) is 9.97 Å². The van der Waals surface area contributed by atoms with Crippen molar-refractivity contribution in [3.05, 3.63) is 81.7 Å². The highest BCUT2D eigenvalue weighted by Crippen LogP contribution is 2.38. The van der Waals surface area contributed by atoms with Crippen molar-refractivity contribution in [2.75, 3.05) is 19.5 Å². The standard InChI is InChI=1S/C25H15F5N4O7/c1-39-19-8-13-17(9-20(19)40-2)31-10-32-24(13)41-12-6-15(26)21(16(27)7-12)22(35)23(36)33-11-3-4-18(34(37)38)14(5-11)25(28,29)30/h3-10H,1-2H3,(H,33,36). The summed E-state index contributed by atoms with van der Waals surface area (Å²) in [5.74, 6) is -6.54. The molecule has 1 N–H and O–H groups in total. The molecule has 1 aromatic heterocycles. The SMILES string of the molecule is COc1cc2ncnc(Oc3cc(F)c(C(=O)C(=O)Nc4ccc([N+](=O)[O-])c(C(F)(F)F)c4)c(F)c3)c2cc1OC. The number of amides is 1. The van der Waals surface area contributed by atoms with E-state index >= 15 is 0 Å². The molecule has 3 aromatic carbocycles. The Balaban J connectivity index is 1.61. The number of ether oxygens (including phenoxy) is 3. The van der Waals surface area contributed by atoms with E-state index in [9.17, 15) is 41.7 Å². The Morgan fingerprint density at radius 1 is 0.951 bits per heavy atom. The lowest BCUT2D eigenvalue weighted by Gasteiger charge is -2.12. The predicted molar refractivity (Wildman–Crippen MR) is 130 cm³/mol. The van der Waals surface area contributed by atoms with Crippen LogP contribution in [-0.2, 0) is 11.0 Å². The number of nitro groups is 1. The highest BCUT2D eigenvalue weighted by atomic mass is 19.4. The van der Waals surface area contributed by atoms with E-state index in [1.807, 2.05) is 0 Å². The first-order chi connectivity index (χ1) is 19.3. The third-order valence-electron chi connectivity index (χ3n) is 5.52. The second kappa shape index (κ2) is 11.0. The van der Waals surface area contributed by atoms with Crippen molar-refractivity contribution < 1.29 is 50.7 Å². The van der Waals surface area contributed by atoms with Crippen LogP contribution >= 0.6 is 0 Å². The summed E-state index contributed by atoms with van der Waals surface area (Å²) in [6.07, 6.45) is -4.06. The molecular formula is C25H15F5N4O7. The Morgan fingerprint density at radius 3 is 2.17 bits per heavy atom. The summed E-state index contributed by atoms with van der Waals surface area (Å²) in [5, 5.41) is 12.9. The van der Waals surface area contributed by atoms with Crippen molar-refractivity contribution >= 4 is 34.0 Å². The molecule has 0 unspecified atom stereocenters. The number of halogens is 5. The molecule has 0 fully saturated rings. The zero-order valence-corrected chi connectivity index (χ0v) is 20.7. The summed E-state index contributed by atoms with van der Waals surface area (Å²) in [6, 6.07) is 5.53. The average Bonchev–Trinajstić information content (AvgIpc) is 2.91. The number of carbonyl (C=O) groups excluding carboxylic acids is 2. The van der Waals surface area contributed by atoms with Crippen LogP contribution in [0.15, 0.2) is 48.8 Å².